The number of hydrogen-bond acceptors (Lipinski definition) is 2. The minimum Gasteiger partial charge on any atom is -0.283 e. The highest BCUT2D eigenvalue weighted by atomic mass is 32.2. The summed E-state index contributed by atoms with van der Waals surface area (Å²) < 4.78 is 0. The first-order valence-corrected chi connectivity index (χ1v) is 7.17. The summed E-state index contributed by atoms with van der Waals surface area (Å²) in [4.78, 5) is 4.64. The highest BCUT2D eigenvalue weighted by molar-refractivity contribution is 8.11. The van der Waals surface area contributed by atoms with Crippen LogP contribution >= 0.6 is 11.8 Å². The van der Waals surface area contributed by atoms with Crippen molar-refractivity contribution in [2.75, 3.05) is 0 Å². The van der Waals surface area contributed by atoms with E-state index < -0.39 is 0 Å². The van der Waals surface area contributed by atoms with Crippen LogP contribution in [0.5, 0.6) is 0 Å². The molecular weight excluding hydrogens is 214 g/mol. The van der Waals surface area contributed by atoms with E-state index in [2.05, 4.69) is 40.9 Å². The molecule has 0 spiro atoms. The molecule has 1 aliphatic carbocycles. The monoisotopic (exact) mass is 233 g/mol. The van der Waals surface area contributed by atoms with Gasteiger partial charge in [0, 0.05) is 5.75 Å². The van der Waals surface area contributed by atoms with E-state index in [4.69, 9.17) is 0 Å². The maximum absolute atomic E-state index is 4.64. The predicted molar refractivity (Wildman–Crippen MR) is 73.1 cm³/mol. The molecule has 0 radical (unpaired) electrons. The lowest BCUT2D eigenvalue weighted by atomic mass is 9.96. The van der Waals surface area contributed by atoms with Gasteiger partial charge in [0.05, 0.1) is 11.6 Å². The Bertz CT molecular complexity index is 315. The normalized spacial score (nSPS) is 18.0. The Balaban J connectivity index is 1.69. The van der Waals surface area contributed by atoms with Crippen molar-refractivity contribution in [1.82, 2.24) is 0 Å². The van der Waals surface area contributed by atoms with Gasteiger partial charge in [-0.1, -0.05) is 49.6 Å². The molecule has 0 amide bonds. The largest absolute Gasteiger partial charge is 0.283 e. The molecule has 2 rings (SSSR count). The van der Waals surface area contributed by atoms with E-state index in [0.717, 1.165) is 5.75 Å². The Morgan fingerprint density at radius 1 is 1.12 bits per heavy atom. The Hall–Kier alpha value is -0.760. The smallest absolute Gasteiger partial charge is 0.0547 e. The maximum atomic E-state index is 4.64. The average molecular weight is 233 g/mol. The van der Waals surface area contributed by atoms with Crippen LogP contribution in [0.1, 0.15) is 37.7 Å². The fourth-order valence-electron chi connectivity index (χ4n) is 2.07. The standard InChI is InChI=1S/C14H19NS/c1-3-7-13(8-4-1)11-16-12-15-14-9-5-2-6-10-14/h1,3-4,7-8,12,14H,2,5-6,9-11H2. The second-order valence-corrected chi connectivity index (χ2v) is 5.18. The van der Waals surface area contributed by atoms with Gasteiger partial charge in [0.15, 0.2) is 0 Å². The molecule has 16 heavy (non-hydrogen) atoms. The number of benzene rings is 1. The molecule has 0 aromatic heterocycles. The first-order valence-electron chi connectivity index (χ1n) is 6.12. The van der Waals surface area contributed by atoms with Gasteiger partial charge in [0.1, 0.15) is 0 Å². The summed E-state index contributed by atoms with van der Waals surface area (Å²) in [6.45, 7) is 0. The number of rotatable bonds is 4. The second kappa shape index (κ2) is 6.74. The zero-order chi connectivity index (χ0) is 11.1. The van der Waals surface area contributed by atoms with Crippen molar-refractivity contribution in [3.63, 3.8) is 0 Å². The molecule has 0 heterocycles. The summed E-state index contributed by atoms with van der Waals surface area (Å²) in [5.41, 5.74) is 3.44. The van der Waals surface area contributed by atoms with E-state index in [1.807, 2.05) is 11.8 Å². The first kappa shape index (κ1) is 11.7. The molecule has 0 aliphatic heterocycles. The molecule has 1 aliphatic rings. The number of hydrogen-bond donors (Lipinski definition) is 0. The molecule has 0 saturated heterocycles. The molecule has 0 bridgehead atoms. The molecule has 1 aromatic carbocycles. The van der Waals surface area contributed by atoms with Gasteiger partial charge in [-0.2, -0.15) is 0 Å². The highest BCUT2D eigenvalue weighted by Crippen LogP contribution is 2.20. The van der Waals surface area contributed by atoms with Crippen LogP contribution in [0.2, 0.25) is 0 Å². The van der Waals surface area contributed by atoms with Crippen molar-refractivity contribution >= 4 is 17.3 Å². The number of nitrogens with zero attached hydrogens (tertiary/aromatic N) is 1. The Morgan fingerprint density at radius 2 is 1.88 bits per heavy atom. The van der Waals surface area contributed by atoms with Crippen molar-refractivity contribution in [2.24, 2.45) is 4.99 Å². The molecule has 0 unspecified atom stereocenters. The summed E-state index contributed by atoms with van der Waals surface area (Å²) in [5, 5.41) is 0. The highest BCUT2D eigenvalue weighted by Gasteiger charge is 2.10. The molecule has 1 fully saturated rings. The van der Waals surface area contributed by atoms with E-state index >= 15 is 0 Å². The summed E-state index contributed by atoms with van der Waals surface area (Å²) in [5.74, 6) is 1.04. The van der Waals surface area contributed by atoms with Crippen LogP contribution in [-0.4, -0.2) is 11.6 Å². The van der Waals surface area contributed by atoms with E-state index in [1.165, 1.54) is 37.7 Å². The summed E-state index contributed by atoms with van der Waals surface area (Å²) in [6.07, 6.45) is 6.73. The van der Waals surface area contributed by atoms with Crippen molar-refractivity contribution < 1.29 is 0 Å². The van der Waals surface area contributed by atoms with Crippen molar-refractivity contribution in [1.29, 1.82) is 0 Å². The summed E-state index contributed by atoms with van der Waals surface area (Å²) in [6, 6.07) is 11.2. The SMILES string of the molecule is C(=NC1CCCCC1)SCc1ccccc1. The molecule has 2 heteroatoms. The van der Waals surface area contributed by atoms with Crippen LogP contribution in [0.25, 0.3) is 0 Å². The zero-order valence-electron chi connectivity index (χ0n) is 9.64. The van der Waals surface area contributed by atoms with Crippen LogP contribution in [0, 0.1) is 0 Å². The van der Waals surface area contributed by atoms with Crippen LogP contribution < -0.4 is 0 Å². The van der Waals surface area contributed by atoms with Crippen LogP contribution in [0.3, 0.4) is 0 Å². The summed E-state index contributed by atoms with van der Waals surface area (Å²) >= 11 is 1.81. The van der Waals surface area contributed by atoms with E-state index in [-0.39, 0.29) is 0 Å². The molecule has 0 N–H and O–H groups in total. The minimum atomic E-state index is 0.608. The first-order chi connectivity index (χ1) is 7.95. The Morgan fingerprint density at radius 3 is 2.62 bits per heavy atom. The Kier molecular flexibility index (Phi) is 4.94. The van der Waals surface area contributed by atoms with Crippen molar-refractivity contribution in [3.8, 4) is 0 Å². The van der Waals surface area contributed by atoms with E-state index in [9.17, 15) is 0 Å². The number of thioether (sulfide) groups is 1. The second-order valence-electron chi connectivity index (χ2n) is 4.34. The van der Waals surface area contributed by atoms with Gasteiger partial charge in [-0.25, -0.2) is 0 Å². The fourth-order valence-corrected chi connectivity index (χ4v) is 2.78. The van der Waals surface area contributed by atoms with Gasteiger partial charge in [0.2, 0.25) is 0 Å². The van der Waals surface area contributed by atoms with Crippen LogP contribution in [0.4, 0.5) is 0 Å². The van der Waals surface area contributed by atoms with Crippen molar-refractivity contribution in [3.05, 3.63) is 35.9 Å². The minimum absolute atomic E-state index is 0.608. The van der Waals surface area contributed by atoms with Gasteiger partial charge in [-0.3, -0.25) is 4.99 Å². The van der Waals surface area contributed by atoms with Gasteiger partial charge in [0.25, 0.3) is 0 Å². The molecule has 1 saturated carbocycles. The van der Waals surface area contributed by atoms with Crippen LogP contribution in [0.15, 0.2) is 35.3 Å². The lowest BCUT2D eigenvalue weighted by Crippen LogP contribution is -2.08. The third-order valence-corrected chi connectivity index (χ3v) is 3.78. The summed E-state index contributed by atoms with van der Waals surface area (Å²) in [7, 11) is 0. The maximum Gasteiger partial charge on any atom is 0.0547 e. The van der Waals surface area contributed by atoms with Crippen LogP contribution in [-0.2, 0) is 5.75 Å². The van der Waals surface area contributed by atoms with E-state index in [1.54, 1.807) is 0 Å². The van der Waals surface area contributed by atoms with Gasteiger partial charge in [-0.05, 0) is 18.4 Å². The molecule has 86 valence electrons. The van der Waals surface area contributed by atoms with Crippen molar-refractivity contribution in [2.45, 2.75) is 43.9 Å². The fraction of sp³-hybridized carbons (Fsp3) is 0.500. The molecule has 1 nitrogen and oxygen atoms in total. The molecule has 0 atom stereocenters. The lowest BCUT2D eigenvalue weighted by Gasteiger charge is -2.16. The van der Waals surface area contributed by atoms with Gasteiger partial charge >= 0.3 is 0 Å². The molecular formula is C14H19NS. The van der Waals surface area contributed by atoms with E-state index in [0.29, 0.717) is 6.04 Å². The number of aliphatic imine (C=N–C) groups is 1. The third kappa shape index (κ3) is 4.01. The van der Waals surface area contributed by atoms with Gasteiger partial charge in [-0.15, -0.1) is 11.8 Å². The topological polar surface area (TPSA) is 12.4 Å². The Labute approximate surface area is 102 Å². The van der Waals surface area contributed by atoms with Gasteiger partial charge < -0.3 is 0 Å². The predicted octanol–water partition coefficient (Wildman–Crippen LogP) is 4.28. The quantitative estimate of drug-likeness (QED) is 0.558. The molecule has 1 aromatic rings. The average Bonchev–Trinajstić information content (AvgIpc) is 2.37. The zero-order valence-corrected chi connectivity index (χ0v) is 10.5. The third-order valence-electron chi connectivity index (χ3n) is 3.01. The lowest BCUT2D eigenvalue weighted by molar-refractivity contribution is 0.445.